The van der Waals surface area contributed by atoms with E-state index in [1.165, 1.54) is 6.34 Å². The molecule has 0 atom stereocenters. The zero-order valence-electron chi connectivity index (χ0n) is 8.47. The highest BCUT2D eigenvalue weighted by Crippen LogP contribution is 2.04. The number of allylic oxidation sites excluding steroid dienone is 2. The Hall–Kier alpha value is -2.38. The number of nitrogens with zero attached hydrogens (tertiary/aromatic N) is 5. The van der Waals surface area contributed by atoms with Crippen LogP contribution in [0.15, 0.2) is 21.4 Å². The Bertz CT molecular complexity index is 363. The van der Waals surface area contributed by atoms with Gasteiger partial charge in [-0.2, -0.15) is 10.5 Å². The molecule has 78 valence electrons. The van der Waals surface area contributed by atoms with Crippen LogP contribution in [0.4, 0.5) is 0 Å². The molecule has 0 aromatic carbocycles. The molecule has 0 aliphatic heterocycles. The van der Waals surface area contributed by atoms with Crippen LogP contribution in [0.25, 0.3) is 0 Å². The number of nitrogens with one attached hydrogen (secondary N) is 1. The van der Waals surface area contributed by atoms with Gasteiger partial charge in [0, 0.05) is 14.1 Å². The molecular weight excluding hydrogens is 194 g/mol. The summed E-state index contributed by atoms with van der Waals surface area (Å²) in [4.78, 5) is 9.03. The number of hydrazine groups is 1. The first-order chi connectivity index (χ1) is 7.15. The van der Waals surface area contributed by atoms with Crippen LogP contribution in [0.3, 0.4) is 0 Å². The number of aliphatic imine (C=N–C) groups is 2. The Morgan fingerprint density at radius 3 is 2.20 bits per heavy atom. The maximum atomic E-state index is 8.72. The molecular formula is C8H11N7. The van der Waals surface area contributed by atoms with Crippen molar-refractivity contribution in [1.82, 2.24) is 10.3 Å². The molecule has 3 N–H and O–H groups in total. The molecule has 0 aromatic rings. The first-order valence-corrected chi connectivity index (χ1v) is 3.89. The fourth-order valence-corrected chi connectivity index (χ4v) is 0.561. The lowest BCUT2D eigenvalue weighted by Gasteiger charge is -2.01. The minimum absolute atomic E-state index is 0.0716. The predicted octanol–water partition coefficient (Wildman–Crippen LogP) is -0.673. The van der Waals surface area contributed by atoms with Gasteiger partial charge < -0.3 is 10.3 Å². The number of nitriles is 2. The van der Waals surface area contributed by atoms with Gasteiger partial charge in [0.25, 0.3) is 0 Å². The van der Waals surface area contributed by atoms with E-state index in [2.05, 4.69) is 15.4 Å². The predicted molar refractivity (Wildman–Crippen MR) is 56.2 cm³/mol. The Morgan fingerprint density at radius 2 is 1.80 bits per heavy atom. The van der Waals surface area contributed by atoms with Crippen LogP contribution < -0.4 is 11.3 Å². The summed E-state index contributed by atoms with van der Waals surface area (Å²) in [7, 11) is 3.49. The molecule has 0 aliphatic carbocycles. The summed E-state index contributed by atoms with van der Waals surface area (Å²) in [6.45, 7) is 0. The zero-order valence-corrected chi connectivity index (χ0v) is 8.47. The van der Waals surface area contributed by atoms with Gasteiger partial charge in [-0.25, -0.2) is 15.8 Å². The van der Waals surface area contributed by atoms with Crippen molar-refractivity contribution in [2.24, 2.45) is 15.8 Å². The molecule has 0 amide bonds. The quantitative estimate of drug-likeness (QED) is 0.208. The second-order valence-corrected chi connectivity index (χ2v) is 2.55. The summed E-state index contributed by atoms with van der Waals surface area (Å²) in [5.74, 6) is 4.93. The monoisotopic (exact) mass is 205 g/mol. The van der Waals surface area contributed by atoms with Crippen LogP contribution in [0.1, 0.15) is 0 Å². The highest BCUT2D eigenvalue weighted by atomic mass is 15.2. The molecule has 0 unspecified atom stereocenters. The van der Waals surface area contributed by atoms with Crippen molar-refractivity contribution in [3.63, 3.8) is 0 Å². The number of hydrogen-bond acceptors (Lipinski definition) is 5. The lowest BCUT2D eigenvalue weighted by atomic mass is 10.4. The summed E-state index contributed by atoms with van der Waals surface area (Å²) in [6.07, 6.45) is 2.50. The average Bonchev–Trinajstić information content (AvgIpc) is 2.22. The Kier molecular flexibility index (Phi) is 5.94. The molecule has 0 bridgehead atoms. The molecule has 0 aromatic heterocycles. The molecule has 0 saturated heterocycles. The Labute approximate surface area is 87.8 Å². The third kappa shape index (κ3) is 5.03. The molecule has 15 heavy (non-hydrogen) atoms. The Balaban J connectivity index is 5.04. The number of hydrogen-bond donors (Lipinski definition) is 2. The van der Waals surface area contributed by atoms with Gasteiger partial charge >= 0.3 is 0 Å². The van der Waals surface area contributed by atoms with Crippen molar-refractivity contribution in [3.8, 4) is 12.1 Å². The summed E-state index contributed by atoms with van der Waals surface area (Å²) in [5, 5.41) is 17.4. The summed E-state index contributed by atoms with van der Waals surface area (Å²) < 4.78 is 0. The topological polar surface area (TPSA) is 114 Å². The van der Waals surface area contributed by atoms with Gasteiger partial charge in [0.1, 0.15) is 18.5 Å². The van der Waals surface area contributed by atoms with Crippen LogP contribution in [0.5, 0.6) is 0 Å². The van der Waals surface area contributed by atoms with Crippen molar-refractivity contribution in [1.29, 1.82) is 10.5 Å². The fraction of sp³-hybridized carbons (Fsp3) is 0.250. The highest BCUT2D eigenvalue weighted by molar-refractivity contribution is 5.61. The van der Waals surface area contributed by atoms with E-state index in [1.807, 2.05) is 0 Å². The minimum Gasteiger partial charge on any atom is -0.369 e. The largest absolute Gasteiger partial charge is 0.369 e. The average molecular weight is 205 g/mol. The van der Waals surface area contributed by atoms with Gasteiger partial charge in [0.15, 0.2) is 11.4 Å². The van der Waals surface area contributed by atoms with Crippen LogP contribution in [-0.2, 0) is 0 Å². The van der Waals surface area contributed by atoms with Gasteiger partial charge in [-0.05, 0) is 0 Å². The maximum Gasteiger partial charge on any atom is 0.178 e. The number of rotatable bonds is 4. The van der Waals surface area contributed by atoms with Crippen LogP contribution in [0, 0.1) is 22.7 Å². The van der Waals surface area contributed by atoms with Crippen molar-refractivity contribution >= 4 is 12.7 Å². The Morgan fingerprint density at radius 1 is 1.27 bits per heavy atom. The van der Waals surface area contributed by atoms with Gasteiger partial charge in [0.2, 0.25) is 0 Å². The standard InChI is InChI=1S/C8H11N7/c1-15(2)6-13-8(4-10)7(3-9)12-5-14-11/h5-6H,11H2,1-2H3,(H,12,14)/b8-7-,13-6?. The fourth-order valence-electron chi connectivity index (χ4n) is 0.561. The van der Waals surface area contributed by atoms with Crippen molar-refractivity contribution < 1.29 is 0 Å². The van der Waals surface area contributed by atoms with Gasteiger partial charge in [0.05, 0.1) is 6.34 Å². The molecule has 0 saturated carbocycles. The summed E-state index contributed by atoms with van der Waals surface area (Å²) in [6, 6.07) is 3.51. The van der Waals surface area contributed by atoms with E-state index in [4.69, 9.17) is 16.4 Å². The molecule has 0 heterocycles. The lowest BCUT2D eigenvalue weighted by Crippen LogP contribution is -2.19. The third-order valence-corrected chi connectivity index (χ3v) is 1.12. The zero-order chi connectivity index (χ0) is 11.7. The minimum atomic E-state index is -0.103. The molecule has 0 aliphatic rings. The van der Waals surface area contributed by atoms with E-state index >= 15 is 0 Å². The molecule has 7 nitrogen and oxygen atoms in total. The summed E-state index contributed by atoms with van der Waals surface area (Å²) in [5.41, 5.74) is 1.95. The maximum absolute atomic E-state index is 8.72. The number of nitrogens with two attached hydrogens (primary N) is 1. The molecule has 7 heteroatoms. The van der Waals surface area contributed by atoms with Crippen molar-refractivity contribution in [2.45, 2.75) is 0 Å². The van der Waals surface area contributed by atoms with Gasteiger partial charge in [-0.1, -0.05) is 0 Å². The van der Waals surface area contributed by atoms with E-state index in [-0.39, 0.29) is 11.4 Å². The third-order valence-electron chi connectivity index (χ3n) is 1.12. The van der Waals surface area contributed by atoms with E-state index in [0.717, 1.165) is 6.34 Å². The van der Waals surface area contributed by atoms with E-state index in [1.54, 1.807) is 31.1 Å². The molecule has 0 radical (unpaired) electrons. The van der Waals surface area contributed by atoms with Crippen LogP contribution >= 0.6 is 0 Å². The highest BCUT2D eigenvalue weighted by Gasteiger charge is 2.01. The first kappa shape index (κ1) is 12.6. The first-order valence-electron chi connectivity index (χ1n) is 3.89. The van der Waals surface area contributed by atoms with Crippen molar-refractivity contribution in [3.05, 3.63) is 11.4 Å². The summed E-state index contributed by atoms with van der Waals surface area (Å²) >= 11 is 0. The van der Waals surface area contributed by atoms with E-state index in [0.29, 0.717) is 0 Å². The van der Waals surface area contributed by atoms with Crippen molar-refractivity contribution in [2.75, 3.05) is 14.1 Å². The van der Waals surface area contributed by atoms with Gasteiger partial charge in [-0.3, -0.25) is 0 Å². The normalized spacial score (nSPS) is 12.1. The molecule has 0 rings (SSSR count). The molecule has 0 fully saturated rings. The van der Waals surface area contributed by atoms with Gasteiger partial charge in [-0.15, -0.1) is 0 Å². The van der Waals surface area contributed by atoms with Crippen LogP contribution in [-0.4, -0.2) is 31.7 Å². The molecule has 0 spiro atoms. The van der Waals surface area contributed by atoms with E-state index in [9.17, 15) is 0 Å². The second-order valence-electron chi connectivity index (χ2n) is 2.55. The van der Waals surface area contributed by atoms with E-state index < -0.39 is 0 Å². The SMILES string of the molecule is CN(C)C=N/C(C#N)=C(/C#N)N=CNN. The lowest BCUT2D eigenvalue weighted by molar-refractivity contribution is 0.642. The second kappa shape index (κ2) is 7.06. The smallest absolute Gasteiger partial charge is 0.178 e. The van der Waals surface area contributed by atoms with Crippen LogP contribution in [0.2, 0.25) is 0 Å².